The minimum Gasteiger partial charge on any atom is -0.507 e. The van der Waals surface area contributed by atoms with Gasteiger partial charge >= 0.3 is 0 Å². The monoisotopic (exact) mass is 716 g/mol. The standard InChI is InChI=1S/C46H48N6O2/c1-35-23-39(27-47-29-43-17-9-11-19-49-43)45(53)41(25-35)33-51(31-37-13-5-3-6-14-37)21-22-52(32-38-15-7-4-8-16-38)34-42-26-36(2)24-40(46(42)54)28-48-30-44-18-10-12-20-50-44/h3-20,23-28,53-54H,21-22,29-34H2,1-2H3. The second-order valence-electron chi connectivity index (χ2n) is 13.7. The van der Waals surface area contributed by atoms with Gasteiger partial charge in [-0.2, -0.15) is 0 Å². The van der Waals surface area contributed by atoms with Gasteiger partial charge in [0.25, 0.3) is 0 Å². The van der Waals surface area contributed by atoms with Gasteiger partial charge in [0, 0.05) is 86.3 Å². The van der Waals surface area contributed by atoms with E-state index >= 15 is 0 Å². The number of aromatic hydroxyl groups is 2. The highest BCUT2D eigenvalue weighted by molar-refractivity contribution is 5.85. The fourth-order valence-electron chi connectivity index (χ4n) is 6.54. The van der Waals surface area contributed by atoms with Crippen LogP contribution >= 0.6 is 0 Å². The number of hydrogen-bond acceptors (Lipinski definition) is 8. The third-order valence-corrected chi connectivity index (χ3v) is 9.16. The molecule has 274 valence electrons. The van der Waals surface area contributed by atoms with E-state index in [0.717, 1.165) is 46.7 Å². The van der Waals surface area contributed by atoms with Crippen LogP contribution in [0.5, 0.6) is 11.5 Å². The molecule has 8 nitrogen and oxygen atoms in total. The Labute approximate surface area is 318 Å². The van der Waals surface area contributed by atoms with Crippen molar-refractivity contribution in [3.63, 3.8) is 0 Å². The summed E-state index contributed by atoms with van der Waals surface area (Å²) in [5.41, 5.74) is 9.35. The number of phenols is 2. The Kier molecular flexibility index (Phi) is 13.4. The number of benzene rings is 4. The molecule has 6 aromatic rings. The Morgan fingerprint density at radius 2 is 0.926 bits per heavy atom. The molecule has 0 aliphatic rings. The van der Waals surface area contributed by atoms with E-state index in [2.05, 4.69) is 90.4 Å². The van der Waals surface area contributed by atoms with Crippen molar-refractivity contribution in [1.29, 1.82) is 0 Å². The Balaban J connectivity index is 1.23. The molecule has 0 saturated carbocycles. The minimum absolute atomic E-state index is 0.242. The van der Waals surface area contributed by atoms with Crippen LogP contribution in [-0.4, -0.2) is 55.5 Å². The summed E-state index contributed by atoms with van der Waals surface area (Å²) in [6, 6.07) is 40.5. The van der Waals surface area contributed by atoms with E-state index < -0.39 is 0 Å². The summed E-state index contributed by atoms with van der Waals surface area (Å²) >= 11 is 0. The number of aryl methyl sites for hydroxylation is 2. The van der Waals surface area contributed by atoms with Gasteiger partial charge in [0.05, 0.1) is 24.5 Å². The van der Waals surface area contributed by atoms with Crippen molar-refractivity contribution >= 4 is 12.4 Å². The van der Waals surface area contributed by atoms with E-state index in [9.17, 15) is 10.2 Å². The lowest BCUT2D eigenvalue weighted by atomic mass is 10.0. The van der Waals surface area contributed by atoms with Gasteiger partial charge in [-0.3, -0.25) is 29.8 Å². The summed E-state index contributed by atoms with van der Waals surface area (Å²) in [7, 11) is 0. The quantitative estimate of drug-likeness (QED) is 0.0920. The third-order valence-electron chi connectivity index (χ3n) is 9.16. The van der Waals surface area contributed by atoms with Gasteiger partial charge in [0.1, 0.15) is 11.5 Å². The molecule has 2 N–H and O–H groups in total. The molecule has 0 atom stereocenters. The van der Waals surface area contributed by atoms with Gasteiger partial charge in [0.15, 0.2) is 0 Å². The second-order valence-corrected chi connectivity index (χ2v) is 13.7. The fraction of sp³-hybridized carbons (Fsp3) is 0.217. The smallest absolute Gasteiger partial charge is 0.128 e. The molecule has 54 heavy (non-hydrogen) atoms. The maximum atomic E-state index is 11.5. The van der Waals surface area contributed by atoms with E-state index in [0.29, 0.717) is 50.4 Å². The topological polar surface area (TPSA) is 97.4 Å². The highest BCUT2D eigenvalue weighted by Gasteiger charge is 2.18. The van der Waals surface area contributed by atoms with Gasteiger partial charge in [-0.15, -0.1) is 0 Å². The van der Waals surface area contributed by atoms with Crippen molar-refractivity contribution in [3.8, 4) is 11.5 Å². The van der Waals surface area contributed by atoms with Crippen LogP contribution in [0.1, 0.15) is 55.9 Å². The molecular formula is C46H48N6O2. The summed E-state index contributed by atoms with van der Waals surface area (Å²) in [5.74, 6) is 0.484. The Bertz CT molecular complexity index is 1970. The van der Waals surface area contributed by atoms with E-state index in [-0.39, 0.29) is 11.5 Å². The number of rotatable bonds is 17. The molecule has 0 aliphatic carbocycles. The summed E-state index contributed by atoms with van der Waals surface area (Å²) in [6.45, 7) is 8.96. The summed E-state index contributed by atoms with van der Waals surface area (Å²) in [5, 5.41) is 23.0. The second kappa shape index (κ2) is 19.2. The number of hydrogen-bond donors (Lipinski definition) is 2. The average molecular weight is 717 g/mol. The maximum Gasteiger partial charge on any atom is 0.128 e. The highest BCUT2D eigenvalue weighted by atomic mass is 16.3. The van der Waals surface area contributed by atoms with Crippen LogP contribution < -0.4 is 0 Å². The lowest BCUT2D eigenvalue weighted by Gasteiger charge is -2.29. The number of aromatic nitrogens is 2. The van der Waals surface area contributed by atoms with E-state index in [4.69, 9.17) is 0 Å². The van der Waals surface area contributed by atoms with Crippen LogP contribution in [0.4, 0.5) is 0 Å². The number of nitrogens with zero attached hydrogens (tertiary/aromatic N) is 6. The highest BCUT2D eigenvalue weighted by Crippen LogP contribution is 2.28. The zero-order valence-electron chi connectivity index (χ0n) is 31.1. The van der Waals surface area contributed by atoms with E-state index in [1.807, 2.05) is 74.5 Å². The zero-order valence-corrected chi connectivity index (χ0v) is 31.1. The molecule has 0 aliphatic heterocycles. The molecular weight excluding hydrogens is 669 g/mol. The summed E-state index contributed by atoms with van der Waals surface area (Å²) in [6.07, 6.45) is 7.01. The predicted octanol–water partition coefficient (Wildman–Crippen LogP) is 8.45. The Morgan fingerprint density at radius 3 is 1.31 bits per heavy atom. The van der Waals surface area contributed by atoms with Gasteiger partial charge in [-0.05, 0) is 72.5 Å². The SMILES string of the molecule is Cc1cc(C=NCc2ccccn2)c(O)c(CN(CCN(Cc2ccccc2)Cc2cc(C)cc(C=NCc3ccccn3)c2O)Cc2ccccc2)c1. The molecule has 0 amide bonds. The number of pyridine rings is 2. The van der Waals surface area contributed by atoms with Crippen molar-refractivity contribution in [1.82, 2.24) is 19.8 Å². The molecule has 0 saturated heterocycles. The van der Waals surface area contributed by atoms with Crippen LogP contribution in [0.25, 0.3) is 0 Å². The summed E-state index contributed by atoms with van der Waals surface area (Å²) < 4.78 is 0. The first-order valence-corrected chi connectivity index (χ1v) is 18.4. The normalized spacial score (nSPS) is 11.7. The molecule has 0 bridgehead atoms. The van der Waals surface area contributed by atoms with Crippen molar-refractivity contribution in [3.05, 3.63) is 190 Å². The van der Waals surface area contributed by atoms with Crippen LogP contribution in [-0.2, 0) is 39.3 Å². The van der Waals surface area contributed by atoms with Gasteiger partial charge in [0.2, 0.25) is 0 Å². The first kappa shape index (κ1) is 37.8. The van der Waals surface area contributed by atoms with Crippen molar-refractivity contribution in [2.75, 3.05) is 13.1 Å². The Morgan fingerprint density at radius 1 is 0.519 bits per heavy atom. The van der Waals surface area contributed by atoms with E-state index in [1.165, 1.54) is 11.1 Å². The lowest BCUT2D eigenvalue weighted by molar-refractivity contribution is 0.180. The van der Waals surface area contributed by atoms with Gasteiger partial charge in [-0.25, -0.2) is 0 Å². The molecule has 0 spiro atoms. The molecule has 0 unspecified atom stereocenters. The largest absolute Gasteiger partial charge is 0.507 e. The van der Waals surface area contributed by atoms with Crippen LogP contribution in [0, 0.1) is 13.8 Å². The molecule has 8 heteroatoms. The maximum absolute atomic E-state index is 11.5. The molecule has 6 rings (SSSR count). The van der Waals surface area contributed by atoms with Crippen LogP contribution in [0.2, 0.25) is 0 Å². The van der Waals surface area contributed by atoms with Crippen LogP contribution in [0.15, 0.2) is 144 Å². The fourth-order valence-corrected chi connectivity index (χ4v) is 6.54. The molecule has 2 heterocycles. The lowest BCUT2D eigenvalue weighted by Crippen LogP contribution is -2.34. The van der Waals surface area contributed by atoms with Gasteiger partial charge in [-0.1, -0.05) is 84.9 Å². The third kappa shape index (κ3) is 11.3. The van der Waals surface area contributed by atoms with E-state index in [1.54, 1.807) is 24.8 Å². The molecule has 0 radical (unpaired) electrons. The minimum atomic E-state index is 0.242. The molecule has 2 aromatic heterocycles. The van der Waals surface area contributed by atoms with Crippen LogP contribution in [0.3, 0.4) is 0 Å². The first-order chi connectivity index (χ1) is 26.4. The number of phenolic OH excluding ortho intramolecular Hbond substituents is 2. The van der Waals surface area contributed by atoms with Gasteiger partial charge < -0.3 is 10.2 Å². The van der Waals surface area contributed by atoms with Crippen molar-refractivity contribution in [2.45, 2.75) is 53.1 Å². The average Bonchev–Trinajstić information content (AvgIpc) is 3.19. The first-order valence-electron chi connectivity index (χ1n) is 18.4. The summed E-state index contributed by atoms with van der Waals surface area (Å²) in [4.78, 5) is 22.7. The molecule has 0 fully saturated rings. The Hall–Kier alpha value is -5.96. The zero-order chi connectivity index (χ0) is 37.5. The van der Waals surface area contributed by atoms with Crippen molar-refractivity contribution < 1.29 is 10.2 Å². The predicted molar refractivity (Wildman–Crippen MR) is 218 cm³/mol. The van der Waals surface area contributed by atoms with Crippen molar-refractivity contribution in [2.24, 2.45) is 9.98 Å². The molecule has 4 aromatic carbocycles. The number of aliphatic imine (C=N–C) groups is 2.